The molecule has 3 heterocycles. The molecule has 1 aliphatic rings. The van der Waals surface area contributed by atoms with E-state index in [1.54, 1.807) is 18.5 Å². The van der Waals surface area contributed by atoms with Gasteiger partial charge in [0.25, 0.3) is 5.91 Å². The molecule has 6 nitrogen and oxygen atoms in total. The molecule has 0 fully saturated rings. The Morgan fingerprint density at radius 2 is 2.12 bits per heavy atom. The fourth-order valence-corrected chi connectivity index (χ4v) is 3.45. The van der Waals surface area contributed by atoms with Crippen LogP contribution in [0.1, 0.15) is 33.5 Å². The SMILES string of the molecule is Cn1cnc2c1C(COCc1ccccc1)N(C(=O)c1ccco1)CC2. The minimum Gasteiger partial charge on any atom is -0.459 e. The molecular weight excluding hydrogens is 330 g/mol. The van der Waals surface area contributed by atoms with Crippen LogP contribution in [-0.2, 0) is 24.8 Å². The fourth-order valence-electron chi connectivity index (χ4n) is 3.45. The van der Waals surface area contributed by atoms with Crippen LogP contribution in [0.5, 0.6) is 0 Å². The first-order chi connectivity index (χ1) is 12.7. The third-order valence-corrected chi connectivity index (χ3v) is 4.72. The molecule has 0 bridgehead atoms. The van der Waals surface area contributed by atoms with Crippen LogP contribution < -0.4 is 0 Å². The zero-order valence-corrected chi connectivity index (χ0v) is 14.7. The highest BCUT2D eigenvalue weighted by molar-refractivity contribution is 5.91. The molecule has 0 aliphatic carbocycles. The van der Waals surface area contributed by atoms with Crippen molar-refractivity contribution in [3.05, 3.63) is 77.8 Å². The topological polar surface area (TPSA) is 60.5 Å². The van der Waals surface area contributed by atoms with Crippen molar-refractivity contribution in [1.82, 2.24) is 14.5 Å². The standard InChI is InChI=1S/C20H21N3O3/c1-22-14-21-16-9-10-23(20(24)18-8-5-11-26-18)17(19(16)22)13-25-12-15-6-3-2-4-7-15/h2-8,11,14,17H,9-10,12-13H2,1H3. The number of fused-ring (bicyclic) bond motifs is 1. The van der Waals surface area contributed by atoms with Crippen molar-refractivity contribution < 1.29 is 13.9 Å². The number of aryl methyl sites for hydroxylation is 1. The van der Waals surface area contributed by atoms with Gasteiger partial charge in [0.15, 0.2) is 5.76 Å². The number of hydrogen-bond donors (Lipinski definition) is 0. The van der Waals surface area contributed by atoms with E-state index < -0.39 is 0 Å². The second kappa shape index (κ2) is 7.17. The van der Waals surface area contributed by atoms with Crippen molar-refractivity contribution in [2.75, 3.05) is 13.2 Å². The molecule has 2 aromatic heterocycles. The number of benzene rings is 1. The molecule has 1 amide bonds. The minimum absolute atomic E-state index is 0.116. The number of amides is 1. The summed E-state index contributed by atoms with van der Waals surface area (Å²) in [6.07, 6.45) is 4.06. The van der Waals surface area contributed by atoms with Gasteiger partial charge in [-0.25, -0.2) is 4.98 Å². The van der Waals surface area contributed by atoms with Crippen molar-refractivity contribution in [1.29, 1.82) is 0 Å². The first kappa shape index (κ1) is 16.6. The van der Waals surface area contributed by atoms with E-state index >= 15 is 0 Å². The van der Waals surface area contributed by atoms with Gasteiger partial charge in [-0.2, -0.15) is 0 Å². The highest BCUT2D eigenvalue weighted by Crippen LogP contribution is 2.30. The summed E-state index contributed by atoms with van der Waals surface area (Å²) in [5.41, 5.74) is 3.17. The van der Waals surface area contributed by atoms with Crippen LogP contribution in [0.15, 0.2) is 59.5 Å². The Morgan fingerprint density at radius 1 is 1.27 bits per heavy atom. The van der Waals surface area contributed by atoms with E-state index in [1.165, 1.54) is 6.26 Å². The molecule has 26 heavy (non-hydrogen) atoms. The molecule has 6 heteroatoms. The summed E-state index contributed by atoms with van der Waals surface area (Å²) in [7, 11) is 1.96. The molecule has 0 saturated heterocycles. The Bertz CT molecular complexity index is 871. The maximum Gasteiger partial charge on any atom is 0.290 e. The number of carbonyl (C=O) groups excluding carboxylic acids is 1. The number of imidazole rings is 1. The van der Waals surface area contributed by atoms with Gasteiger partial charge in [-0.15, -0.1) is 0 Å². The normalized spacial score (nSPS) is 16.5. The number of furan rings is 1. The number of carbonyl (C=O) groups is 1. The lowest BCUT2D eigenvalue weighted by molar-refractivity contribution is 0.0307. The van der Waals surface area contributed by atoms with Gasteiger partial charge in [-0.05, 0) is 17.7 Å². The number of aromatic nitrogens is 2. The lowest BCUT2D eigenvalue weighted by Crippen LogP contribution is -2.42. The van der Waals surface area contributed by atoms with Crippen LogP contribution >= 0.6 is 0 Å². The lowest BCUT2D eigenvalue weighted by Gasteiger charge is -2.35. The maximum atomic E-state index is 12.9. The van der Waals surface area contributed by atoms with E-state index in [1.807, 2.05) is 46.8 Å². The van der Waals surface area contributed by atoms with Crippen molar-refractivity contribution >= 4 is 5.91 Å². The first-order valence-electron chi connectivity index (χ1n) is 8.70. The van der Waals surface area contributed by atoms with E-state index in [-0.39, 0.29) is 11.9 Å². The minimum atomic E-state index is -0.187. The molecule has 1 atom stereocenters. The Morgan fingerprint density at radius 3 is 2.88 bits per heavy atom. The third-order valence-electron chi connectivity index (χ3n) is 4.72. The van der Waals surface area contributed by atoms with Crippen LogP contribution in [0.4, 0.5) is 0 Å². The van der Waals surface area contributed by atoms with Gasteiger partial charge in [0.1, 0.15) is 0 Å². The quantitative estimate of drug-likeness (QED) is 0.709. The molecule has 0 radical (unpaired) electrons. The van der Waals surface area contributed by atoms with E-state index in [0.717, 1.165) is 23.4 Å². The van der Waals surface area contributed by atoms with Gasteiger partial charge in [0.05, 0.1) is 43.2 Å². The van der Waals surface area contributed by atoms with E-state index in [4.69, 9.17) is 9.15 Å². The van der Waals surface area contributed by atoms with E-state index in [2.05, 4.69) is 4.98 Å². The summed E-state index contributed by atoms with van der Waals surface area (Å²) in [6.45, 7) is 1.52. The average molecular weight is 351 g/mol. The first-order valence-corrected chi connectivity index (χ1v) is 8.70. The Hall–Kier alpha value is -2.86. The Kier molecular flexibility index (Phi) is 4.58. The number of nitrogens with zero attached hydrogens (tertiary/aromatic N) is 3. The maximum absolute atomic E-state index is 12.9. The van der Waals surface area contributed by atoms with Crippen LogP contribution in [0.25, 0.3) is 0 Å². The largest absolute Gasteiger partial charge is 0.459 e. The molecule has 0 N–H and O–H groups in total. The fraction of sp³-hybridized carbons (Fsp3) is 0.300. The highest BCUT2D eigenvalue weighted by atomic mass is 16.5. The van der Waals surface area contributed by atoms with Crippen LogP contribution in [0.3, 0.4) is 0 Å². The number of ether oxygens (including phenoxy) is 1. The molecule has 0 saturated carbocycles. The monoisotopic (exact) mass is 351 g/mol. The van der Waals surface area contributed by atoms with Crippen molar-refractivity contribution in [2.45, 2.75) is 19.1 Å². The van der Waals surface area contributed by atoms with Crippen LogP contribution in [0, 0.1) is 0 Å². The van der Waals surface area contributed by atoms with Gasteiger partial charge in [0.2, 0.25) is 0 Å². The zero-order chi connectivity index (χ0) is 17.9. The Balaban J connectivity index is 1.55. The summed E-state index contributed by atoms with van der Waals surface area (Å²) < 4.78 is 13.3. The third kappa shape index (κ3) is 3.15. The Labute approximate surface area is 152 Å². The molecule has 4 rings (SSSR count). The van der Waals surface area contributed by atoms with Crippen LogP contribution in [-0.4, -0.2) is 33.5 Å². The predicted octanol–water partition coefficient (Wildman–Crippen LogP) is 2.97. The van der Waals surface area contributed by atoms with Crippen molar-refractivity contribution in [3.63, 3.8) is 0 Å². The highest BCUT2D eigenvalue weighted by Gasteiger charge is 2.35. The summed E-state index contributed by atoms with van der Waals surface area (Å²) in [6, 6.07) is 13.3. The molecule has 0 spiro atoms. The number of rotatable bonds is 5. The smallest absolute Gasteiger partial charge is 0.290 e. The molecule has 1 unspecified atom stereocenters. The zero-order valence-electron chi connectivity index (χ0n) is 14.7. The van der Waals surface area contributed by atoms with Gasteiger partial charge in [-0.1, -0.05) is 30.3 Å². The predicted molar refractivity (Wildman–Crippen MR) is 95.5 cm³/mol. The van der Waals surface area contributed by atoms with Gasteiger partial charge in [-0.3, -0.25) is 4.79 Å². The molecule has 1 aliphatic heterocycles. The summed E-state index contributed by atoms with van der Waals surface area (Å²) in [4.78, 5) is 19.2. The summed E-state index contributed by atoms with van der Waals surface area (Å²) in [5.74, 6) is 0.235. The summed E-state index contributed by atoms with van der Waals surface area (Å²) in [5, 5.41) is 0. The molecular formula is C20H21N3O3. The number of hydrogen-bond acceptors (Lipinski definition) is 4. The van der Waals surface area contributed by atoms with E-state index in [9.17, 15) is 4.79 Å². The van der Waals surface area contributed by atoms with Gasteiger partial charge < -0.3 is 18.6 Å². The van der Waals surface area contributed by atoms with Gasteiger partial charge in [0, 0.05) is 20.0 Å². The lowest BCUT2D eigenvalue weighted by atomic mass is 10.0. The van der Waals surface area contributed by atoms with E-state index in [0.29, 0.717) is 25.5 Å². The summed E-state index contributed by atoms with van der Waals surface area (Å²) >= 11 is 0. The average Bonchev–Trinajstić information content (AvgIpc) is 3.33. The molecule has 3 aromatic rings. The van der Waals surface area contributed by atoms with Crippen LogP contribution in [0.2, 0.25) is 0 Å². The van der Waals surface area contributed by atoms with Crippen molar-refractivity contribution in [3.8, 4) is 0 Å². The second-order valence-corrected chi connectivity index (χ2v) is 6.43. The molecule has 134 valence electrons. The van der Waals surface area contributed by atoms with Crippen molar-refractivity contribution in [2.24, 2.45) is 7.05 Å². The van der Waals surface area contributed by atoms with Gasteiger partial charge >= 0.3 is 0 Å². The molecule has 1 aromatic carbocycles. The second-order valence-electron chi connectivity index (χ2n) is 6.43.